The van der Waals surface area contributed by atoms with E-state index in [1.807, 2.05) is 70.2 Å². The fraction of sp³-hybridized carbons (Fsp3) is 0.391. The molecule has 5 heteroatoms. The fourth-order valence-corrected chi connectivity index (χ4v) is 3.45. The Morgan fingerprint density at radius 2 is 1.68 bits per heavy atom. The normalized spacial score (nSPS) is 21.5. The number of hydrogen-bond donors (Lipinski definition) is 3. The minimum atomic E-state index is -0.722. The number of aliphatic hydroxyl groups excluding tert-OH is 1. The Balaban J connectivity index is 1.82. The number of anilines is 2. The largest absolute Gasteiger partial charge is 0.393 e. The maximum Gasteiger partial charge on any atom is 0.235 e. The number of aliphatic hydroxyl groups is 1. The second-order valence-corrected chi connectivity index (χ2v) is 8.70. The Morgan fingerprint density at radius 3 is 2.25 bits per heavy atom. The highest BCUT2D eigenvalue weighted by atomic mass is 16.3. The van der Waals surface area contributed by atoms with E-state index in [1.54, 1.807) is 6.07 Å². The van der Waals surface area contributed by atoms with Gasteiger partial charge in [-0.1, -0.05) is 57.2 Å². The van der Waals surface area contributed by atoms with Gasteiger partial charge in [0, 0.05) is 16.8 Å². The molecule has 1 fully saturated rings. The quantitative estimate of drug-likeness (QED) is 0.750. The van der Waals surface area contributed by atoms with Gasteiger partial charge in [0.05, 0.1) is 11.5 Å². The van der Waals surface area contributed by atoms with E-state index in [1.165, 1.54) is 0 Å². The zero-order valence-electron chi connectivity index (χ0n) is 16.9. The average Bonchev–Trinajstić information content (AvgIpc) is 2.61. The highest BCUT2D eigenvalue weighted by molar-refractivity contribution is 6.01. The van der Waals surface area contributed by atoms with Crippen LogP contribution in [-0.2, 0) is 15.0 Å². The third-order valence-electron chi connectivity index (χ3n) is 5.35. The number of carbonyl (C=O) groups is 2. The van der Waals surface area contributed by atoms with Crippen molar-refractivity contribution >= 4 is 23.2 Å². The van der Waals surface area contributed by atoms with Gasteiger partial charge in [0.1, 0.15) is 0 Å². The van der Waals surface area contributed by atoms with Gasteiger partial charge in [0.2, 0.25) is 11.8 Å². The predicted octanol–water partition coefficient (Wildman–Crippen LogP) is 4.01. The van der Waals surface area contributed by atoms with E-state index < -0.39 is 16.9 Å². The van der Waals surface area contributed by atoms with Crippen molar-refractivity contribution in [2.45, 2.75) is 52.1 Å². The molecule has 0 heterocycles. The smallest absolute Gasteiger partial charge is 0.235 e. The fourth-order valence-electron chi connectivity index (χ4n) is 3.45. The molecule has 1 aliphatic rings. The van der Waals surface area contributed by atoms with E-state index >= 15 is 0 Å². The maximum atomic E-state index is 13.1. The molecule has 2 aromatic carbocycles. The van der Waals surface area contributed by atoms with Crippen molar-refractivity contribution < 1.29 is 14.7 Å². The van der Waals surface area contributed by atoms with E-state index in [2.05, 4.69) is 10.6 Å². The first-order valence-electron chi connectivity index (χ1n) is 9.59. The molecule has 2 amide bonds. The van der Waals surface area contributed by atoms with Gasteiger partial charge in [0.15, 0.2) is 0 Å². The zero-order valence-corrected chi connectivity index (χ0v) is 16.9. The number of carbonyl (C=O) groups excluding carboxylic acids is 2. The molecule has 0 aliphatic heterocycles. The van der Waals surface area contributed by atoms with E-state index in [0.29, 0.717) is 24.2 Å². The topological polar surface area (TPSA) is 78.4 Å². The van der Waals surface area contributed by atoms with E-state index in [9.17, 15) is 14.7 Å². The van der Waals surface area contributed by atoms with Crippen LogP contribution in [0.3, 0.4) is 0 Å². The summed E-state index contributed by atoms with van der Waals surface area (Å²) in [6, 6.07) is 15.1. The van der Waals surface area contributed by atoms with Gasteiger partial charge in [-0.3, -0.25) is 9.59 Å². The number of nitrogens with one attached hydrogen (secondary N) is 2. The van der Waals surface area contributed by atoms with Crippen molar-refractivity contribution in [2.24, 2.45) is 5.41 Å². The highest BCUT2D eigenvalue weighted by Gasteiger charge is 2.50. The minimum Gasteiger partial charge on any atom is -0.393 e. The molecule has 3 rings (SSSR count). The molecule has 5 nitrogen and oxygen atoms in total. The summed E-state index contributed by atoms with van der Waals surface area (Å²) < 4.78 is 0. The molecule has 3 N–H and O–H groups in total. The number of benzene rings is 2. The second-order valence-electron chi connectivity index (χ2n) is 8.70. The van der Waals surface area contributed by atoms with Crippen LogP contribution in [0, 0.1) is 12.3 Å². The second kappa shape index (κ2) is 7.40. The van der Waals surface area contributed by atoms with Gasteiger partial charge < -0.3 is 15.7 Å². The highest BCUT2D eigenvalue weighted by Crippen LogP contribution is 2.44. The van der Waals surface area contributed by atoms with Crippen LogP contribution in [0.2, 0.25) is 0 Å². The van der Waals surface area contributed by atoms with Crippen LogP contribution in [-0.4, -0.2) is 23.0 Å². The first-order valence-corrected chi connectivity index (χ1v) is 9.59. The molecule has 0 aromatic heterocycles. The monoisotopic (exact) mass is 380 g/mol. The lowest BCUT2D eigenvalue weighted by Gasteiger charge is -2.44. The maximum absolute atomic E-state index is 13.1. The van der Waals surface area contributed by atoms with Crippen LogP contribution in [0.1, 0.15) is 44.7 Å². The molecule has 2 aromatic rings. The lowest BCUT2D eigenvalue weighted by atomic mass is 9.62. The summed E-state index contributed by atoms with van der Waals surface area (Å²) in [5.41, 5.74) is 1.90. The van der Waals surface area contributed by atoms with Gasteiger partial charge >= 0.3 is 0 Å². The Kier molecular flexibility index (Phi) is 5.31. The Bertz CT molecular complexity index is 878. The van der Waals surface area contributed by atoms with Gasteiger partial charge in [-0.25, -0.2) is 0 Å². The molecule has 0 unspecified atom stereocenters. The Morgan fingerprint density at radius 1 is 1.04 bits per heavy atom. The minimum absolute atomic E-state index is 0.0815. The van der Waals surface area contributed by atoms with Crippen LogP contribution in [0.5, 0.6) is 0 Å². The van der Waals surface area contributed by atoms with Crippen LogP contribution < -0.4 is 10.6 Å². The average molecular weight is 380 g/mol. The number of aryl methyl sites for hydroxylation is 1. The molecule has 1 saturated carbocycles. The van der Waals surface area contributed by atoms with Crippen molar-refractivity contribution in [1.29, 1.82) is 0 Å². The molecule has 1 aliphatic carbocycles. The molecule has 28 heavy (non-hydrogen) atoms. The van der Waals surface area contributed by atoms with Crippen molar-refractivity contribution in [3.8, 4) is 0 Å². The summed E-state index contributed by atoms with van der Waals surface area (Å²) in [6.45, 7) is 7.48. The van der Waals surface area contributed by atoms with Crippen LogP contribution in [0.25, 0.3) is 0 Å². The van der Waals surface area contributed by atoms with Crippen LogP contribution in [0.15, 0.2) is 48.5 Å². The lowest BCUT2D eigenvalue weighted by molar-refractivity contribution is -0.129. The zero-order chi connectivity index (χ0) is 20.5. The van der Waals surface area contributed by atoms with E-state index in [0.717, 1.165) is 11.1 Å². The van der Waals surface area contributed by atoms with E-state index in [4.69, 9.17) is 0 Å². The third kappa shape index (κ3) is 3.94. The van der Waals surface area contributed by atoms with Gasteiger partial charge in [-0.15, -0.1) is 0 Å². The molecule has 148 valence electrons. The van der Waals surface area contributed by atoms with Gasteiger partial charge in [0.25, 0.3) is 0 Å². The van der Waals surface area contributed by atoms with Crippen molar-refractivity contribution in [2.75, 3.05) is 10.6 Å². The Hall–Kier alpha value is -2.66. The SMILES string of the molecule is Cc1ccc(NC(=O)C2(c3ccccc3)CC(O)C2)cc1NC(=O)C(C)(C)C. The summed E-state index contributed by atoms with van der Waals surface area (Å²) in [7, 11) is 0. The van der Waals surface area contributed by atoms with Crippen molar-refractivity contribution in [3.05, 3.63) is 59.7 Å². The van der Waals surface area contributed by atoms with Crippen molar-refractivity contribution in [1.82, 2.24) is 0 Å². The summed E-state index contributed by atoms with van der Waals surface area (Å²) in [4.78, 5) is 25.5. The summed E-state index contributed by atoms with van der Waals surface area (Å²) in [6.07, 6.45) is 0.343. The van der Waals surface area contributed by atoms with E-state index in [-0.39, 0.29) is 11.8 Å². The number of rotatable bonds is 4. The Labute approximate surface area is 166 Å². The lowest BCUT2D eigenvalue weighted by Crippen LogP contribution is -2.53. The first-order chi connectivity index (χ1) is 13.1. The summed E-state index contributed by atoms with van der Waals surface area (Å²) >= 11 is 0. The number of hydrogen-bond acceptors (Lipinski definition) is 3. The predicted molar refractivity (Wildman–Crippen MR) is 111 cm³/mol. The first kappa shape index (κ1) is 20.1. The molecule has 0 atom stereocenters. The summed E-state index contributed by atoms with van der Waals surface area (Å²) in [5, 5.41) is 15.8. The molecular formula is C23H28N2O3. The third-order valence-corrected chi connectivity index (χ3v) is 5.35. The molecular weight excluding hydrogens is 352 g/mol. The number of amides is 2. The molecule has 0 saturated heterocycles. The van der Waals surface area contributed by atoms with Crippen molar-refractivity contribution in [3.63, 3.8) is 0 Å². The molecule has 0 spiro atoms. The van der Waals surface area contributed by atoms with Crippen LogP contribution >= 0.6 is 0 Å². The molecule has 0 radical (unpaired) electrons. The van der Waals surface area contributed by atoms with Crippen LogP contribution in [0.4, 0.5) is 11.4 Å². The van der Waals surface area contributed by atoms with Gasteiger partial charge in [-0.2, -0.15) is 0 Å². The van der Waals surface area contributed by atoms with Gasteiger partial charge in [-0.05, 0) is 43.0 Å². The standard InChI is InChI=1S/C23H28N2O3/c1-15-10-11-17(12-19(15)25-20(27)22(2,3)4)24-21(28)23(13-18(26)14-23)16-8-6-5-7-9-16/h5-12,18,26H,13-14H2,1-4H3,(H,24,28)(H,25,27). The summed E-state index contributed by atoms with van der Waals surface area (Å²) in [5.74, 6) is -0.220. The molecule has 0 bridgehead atoms.